The maximum absolute atomic E-state index is 11.5. The minimum absolute atomic E-state index is 0. The Labute approximate surface area is 122 Å². The molecule has 0 aliphatic rings. The molecule has 104 valence electrons. The Morgan fingerprint density at radius 3 is 2.47 bits per heavy atom. The lowest BCUT2D eigenvalue weighted by molar-refractivity contribution is 0.0974. The summed E-state index contributed by atoms with van der Waals surface area (Å²) < 4.78 is 0. The highest BCUT2D eigenvalue weighted by atomic mass is 79.9. The lowest BCUT2D eigenvalue weighted by atomic mass is 10.4. The van der Waals surface area contributed by atoms with Crippen LogP contribution in [0.15, 0.2) is 5.10 Å². The molecule has 0 radical (unpaired) electrons. The van der Waals surface area contributed by atoms with Gasteiger partial charge in [-0.3, -0.25) is 4.79 Å². The van der Waals surface area contributed by atoms with Crippen molar-refractivity contribution in [3.05, 3.63) is 10.8 Å². The molecule has 0 aliphatic carbocycles. The van der Waals surface area contributed by atoms with Crippen molar-refractivity contribution in [2.45, 2.75) is 0 Å². The van der Waals surface area contributed by atoms with Crippen molar-refractivity contribution in [2.24, 2.45) is 10.8 Å². The number of carbonyl (C=O) groups is 2. The molecule has 1 heterocycles. The van der Waals surface area contributed by atoms with Crippen LogP contribution in [0.1, 0.15) is 10.5 Å². The summed E-state index contributed by atoms with van der Waals surface area (Å²) in [5, 5.41) is 5.29. The Morgan fingerprint density at radius 1 is 1.26 bits per heavy atom. The molecule has 19 heavy (non-hydrogen) atoms. The summed E-state index contributed by atoms with van der Waals surface area (Å²) in [5.41, 5.74) is 17.2. The van der Waals surface area contributed by atoms with Crippen LogP contribution in [-0.2, 0) is 0 Å². The van der Waals surface area contributed by atoms with E-state index < -0.39 is 11.9 Å². The number of rotatable bonds is 3. The van der Waals surface area contributed by atoms with E-state index in [1.165, 1.54) is 0 Å². The number of nitrogens with one attached hydrogen (secondary N) is 2. The van der Waals surface area contributed by atoms with Gasteiger partial charge in [-0.2, -0.15) is 5.10 Å². The number of urea groups is 1. The van der Waals surface area contributed by atoms with E-state index in [0.29, 0.717) is 0 Å². The molecule has 1 rings (SSSR count). The molecule has 0 aromatic carbocycles. The Hall–Kier alpha value is -2.14. The lowest BCUT2D eigenvalue weighted by Crippen LogP contribution is -2.29. The van der Waals surface area contributed by atoms with Crippen LogP contribution in [0.2, 0.25) is 5.15 Å². The standard InChI is InChI=1S/C7H9ClN8O2.BrH/c8-3-5(10)15-4(9)2(14-3)6(17)12-1-13-16-7(11)18;/h1H,(H4,9,10,15)(H3,11,16,18)(H,12,13,17);1H. The SMILES string of the molecule is Br.NC(=O)NN=CNC(=O)c1nc(Cl)c(N)nc1N. The van der Waals surface area contributed by atoms with Gasteiger partial charge < -0.3 is 22.5 Å². The second-order valence-electron chi connectivity index (χ2n) is 2.84. The maximum atomic E-state index is 11.5. The number of halogens is 2. The zero-order chi connectivity index (χ0) is 13.7. The molecule has 0 spiro atoms. The van der Waals surface area contributed by atoms with Gasteiger partial charge in [0, 0.05) is 0 Å². The summed E-state index contributed by atoms with van der Waals surface area (Å²) >= 11 is 5.59. The van der Waals surface area contributed by atoms with Crippen LogP contribution >= 0.6 is 28.6 Å². The average Bonchev–Trinajstić information content (AvgIpc) is 2.28. The summed E-state index contributed by atoms with van der Waals surface area (Å²) in [5.74, 6) is -1.00. The van der Waals surface area contributed by atoms with Crippen LogP contribution in [0, 0.1) is 0 Å². The maximum Gasteiger partial charge on any atom is 0.332 e. The molecule has 0 saturated heterocycles. The first-order valence-corrected chi connectivity index (χ1v) is 4.76. The van der Waals surface area contributed by atoms with E-state index in [1.807, 2.05) is 5.43 Å². The number of aromatic nitrogens is 2. The number of nitrogen functional groups attached to an aromatic ring is 2. The molecule has 0 unspecified atom stereocenters. The quantitative estimate of drug-likeness (QED) is 0.270. The number of nitrogens with zero attached hydrogens (tertiary/aromatic N) is 3. The molecule has 8 N–H and O–H groups in total. The van der Waals surface area contributed by atoms with Crippen molar-refractivity contribution in [1.29, 1.82) is 0 Å². The molecular weight excluding hydrogens is 343 g/mol. The summed E-state index contributed by atoms with van der Waals surface area (Å²) in [6, 6.07) is -0.879. The van der Waals surface area contributed by atoms with Crippen molar-refractivity contribution in [1.82, 2.24) is 20.7 Å². The van der Waals surface area contributed by atoms with Gasteiger partial charge in [0.15, 0.2) is 22.5 Å². The van der Waals surface area contributed by atoms with Crippen molar-refractivity contribution >= 4 is 58.5 Å². The number of hydrogen-bond donors (Lipinski definition) is 5. The molecular formula is C7H10BrClN8O2. The normalized spacial score (nSPS) is 9.74. The number of nitrogens with two attached hydrogens (primary N) is 3. The summed E-state index contributed by atoms with van der Waals surface area (Å²) in [6.07, 6.45) is 0.887. The fourth-order valence-electron chi connectivity index (χ4n) is 0.864. The number of primary amides is 1. The van der Waals surface area contributed by atoms with E-state index in [4.69, 9.17) is 28.8 Å². The van der Waals surface area contributed by atoms with Gasteiger partial charge in [-0.1, -0.05) is 11.6 Å². The second kappa shape index (κ2) is 7.33. The third-order valence-corrected chi connectivity index (χ3v) is 1.83. The highest BCUT2D eigenvalue weighted by molar-refractivity contribution is 8.93. The Bertz CT molecular complexity index is 522. The number of hydrazone groups is 1. The van der Waals surface area contributed by atoms with E-state index in [0.717, 1.165) is 6.34 Å². The fraction of sp³-hybridized carbons (Fsp3) is 0. The van der Waals surface area contributed by atoms with Gasteiger partial charge in [0.05, 0.1) is 0 Å². The smallest absolute Gasteiger partial charge is 0.332 e. The van der Waals surface area contributed by atoms with Crippen LogP contribution in [0.4, 0.5) is 16.4 Å². The van der Waals surface area contributed by atoms with E-state index in [2.05, 4.69) is 20.4 Å². The number of carbonyl (C=O) groups excluding carboxylic acids is 2. The minimum Gasteiger partial charge on any atom is -0.382 e. The van der Waals surface area contributed by atoms with Gasteiger partial charge in [0.1, 0.15) is 6.34 Å². The largest absolute Gasteiger partial charge is 0.382 e. The van der Waals surface area contributed by atoms with E-state index in [9.17, 15) is 9.59 Å². The average molecular weight is 354 g/mol. The van der Waals surface area contributed by atoms with Crippen molar-refractivity contribution in [3.63, 3.8) is 0 Å². The van der Waals surface area contributed by atoms with Gasteiger partial charge in [-0.05, 0) is 0 Å². The molecule has 0 saturated carbocycles. The third kappa shape index (κ3) is 4.93. The second-order valence-corrected chi connectivity index (χ2v) is 3.20. The summed E-state index contributed by atoms with van der Waals surface area (Å²) in [6.45, 7) is 0. The van der Waals surface area contributed by atoms with Crippen molar-refractivity contribution in [2.75, 3.05) is 11.5 Å². The monoisotopic (exact) mass is 352 g/mol. The van der Waals surface area contributed by atoms with Gasteiger partial charge in [-0.15, -0.1) is 17.0 Å². The summed E-state index contributed by atoms with van der Waals surface area (Å²) in [4.78, 5) is 29.1. The first-order chi connectivity index (χ1) is 8.41. The number of amides is 3. The fourth-order valence-corrected chi connectivity index (χ4v) is 0.991. The predicted molar refractivity (Wildman–Crippen MR) is 74.9 cm³/mol. The first-order valence-electron chi connectivity index (χ1n) is 4.38. The minimum atomic E-state index is -0.879. The van der Waals surface area contributed by atoms with Crippen LogP contribution in [-0.4, -0.2) is 28.2 Å². The third-order valence-electron chi connectivity index (χ3n) is 1.55. The van der Waals surface area contributed by atoms with E-state index in [1.54, 1.807) is 0 Å². The molecule has 0 aliphatic heterocycles. The van der Waals surface area contributed by atoms with Crippen LogP contribution < -0.4 is 27.9 Å². The van der Waals surface area contributed by atoms with Crippen molar-refractivity contribution < 1.29 is 9.59 Å². The van der Waals surface area contributed by atoms with Crippen LogP contribution in [0.25, 0.3) is 0 Å². The molecule has 10 nitrogen and oxygen atoms in total. The van der Waals surface area contributed by atoms with E-state index >= 15 is 0 Å². The topological polar surface area (TPSA) is 174 Å². The molecule has 3 amide bonds. The molecule has 0 atom stereocenters. The number of anilines is 2. The molecule has 12 heteroatoms. The van der Waals surface area contributed by atoms with Gasteiger partial charge >= 0.3 is 6.03 Å². The molecule has 0 bridgehead atoms. The molecule has 1 aromatic rings. The number of hydrogen-bond acceptors (Lipinski definition) is 7. The Morgan fingerprint density at radius 2 is 1.89 bits per heavy atom. The lowest BCUT2D eigenvalue weighted by Gasteiger charge is -2.04. The molecule has 0 fully saturated rings. The highest BCUT2D eigenvalue weighted by Gasteiger charge is 2.14. The zero-order valence-electron chi connectivity index (χ0n) is 9.25. The summed E-state index contributed by atoms with van der Waals surface area (Å²) in [7, 11) is 0. The van der Waals surface area contributed by atoms with Crippen LogP contribution in [0.5, 0.6) is 0 Å². The van der Waals surface area contributed by atoms with Crippen molar-refractivity contribution in [3.8, 4) is 0 Å². The highest BCUT2D eigenvalue weighted by Crippen LogP contribution is 2.16. The predicted octanol–water partition coefficient (Wildman–Crippen LogP) is -0.786. The van der Waals surface area contributed by atoms with Gasteiger partial charge in [-0.25, -0.2) is 20.2 Å². The Kier molecular flexibility index (Phi) is 6.50. The van der Waals surface area contributed by atoms with Gasteiger partial charge in [0.2, 0.25) is 0 Å². The van der Waals surface area contributed by atoms with Gasteiger partial charge in [0.25, 0.3) is 5.91 Å². The Balaban J connectivity index is 0.00000324. The van der Waals surface area contributed by atoms with E-state index in [-0.39, 0.29) is 39.5 Å². The first kappa shape index (κ1) is 16.9. The zero-order valence-corrected chi connectivity index (χ0v) is 11.7. The molecule has 1 aromatic heterocycles. The van der Waals surface area contributed by atoms with Crippen LogP contribution in [0.3, 0.4) is 0 Å².